The monoisotopic (exact) mass is 284 g/mol. The molecule has 0 aliphatic rings. The number of nitrogens with zero attached hydrogens (tertiary/aromatic N) is 2. The summed E-state index contributed by atoms with van der Waals surface area (Å²) in [5, 5.41) is 0. The Morgan fingerprint density at radius 1 is 1.67 bits per heavy atom. The van der Waals surface area contributed by atoms with Gasteiger partial charge >= 0.3 is 0 Å². The van der Waals surface area contributed by atoms with E-state index in [9.17, 15) is 4.79 Å². The van der Waals surface area contributed by atoms with Crippen molar-refractivity contribution in [1.29, 1.82) is 0 Å². The van der Waals surface area contributed by atoms with Crippen LogP contribution in [0.1, 0.15) is 28.9 Å². The van der Waals surface area contributed by atoms with Crippen LogP contribution in [0.5, 0.6) is 0 Å². The molecule has 0 aliphatic heterocycles. The number of hydrogen-bond acceptors (Lipinski definition) is 7. The molecule has 3 N–H and O–H groups in total. The van der Waals surface area contributed by atoms with Crippen LogP contribution < -0.4 is 11.3 Å². The topological polar surface area (TPSA) is 94.0 Å². The smallest absolute Gasteiger partial charge is 0.268 e. The highest BCUT2D eigenvalue weighted by atomic mass is 32.2. The highest BCUT2D eigenvalue weighted by Gasteiger charge is 2.14. The lowest BCUT2D eigenvalue weighted by atomic mass is 10.2. The van der Waals surface area contributed by atoms with Crippen LogP contribution in [0, 0.1) is 0 Å². The van der Waals surface area contributed by atoms with Crippen LogP contribution in [0.15, 0.2) is 21.1 Å². The molecule has 1 amide bonds. The van der Waals surface area contributed by atoms with Crippen LogP contribution in [-0.2, 0) is 12.2 Å². The fourth-order valence-corrected chi connectivity index (χ4v) is 2.95. The lowest BCUT2D eigenvalue weighted by molar-refractivity contribution is 0.0952. The van der Waals surface area contributed by atoms with Gasteiger partial charge in [0.15, 0.2) is 4.34 Å². The van der Waals surface area contributed by atoms with E-state index in [0.29, 0.717) is 17.1 Å². The summed E-state index contributed by atoms with van der Waals surface area (Å²) in [6, 6.07) is 1.59. The Balaban J connectivity index is 2.02. The van der Waals surface area contributed by atoms with E-state index in [0.717, 1.165) is 16.6 Å². The summed E-state index contributed by atoms with van der Waals surface area (Å²) < 4.78 is 10.3. The number of amides is 1. The van der Waals surface area contributed by atoms with Crippen molar-refractivity contribution >= 4 is 29.2 Å². The van der Waals surface area contributed by atoms with Crippen molar-refractivity contribution < 1.29 is 9.21 Å². The predicted molar refractivity (Wildman–Crippen MR) is 69.2 cm³/mol. The molecule has 0 atom stereocenters. The zero-order valence-corrected chi connectivity index (χ0v) is 11.3. The molecule has 2 rings (SSSR count). The number of nitrogen functional groups attached to an aromatic ring is 1. The number of aromatic nitrogens is 2. The maximum absolute atomic E-state index is 11.4. The summed E-state index contributed by atoms with van der Waals surface area (Å²) in [5.74, 6) is 6.67. The van der Waals surface area contributed by atoms with Crippen molar-refractivity contribution in [2.45, 2.75) is 23.4 Å². The van der Waals surface area contributed by atoms with Crippen molar-refractivity contribution in [3.63, 3.8) is 0 Å². The van der Waals surface area contributed by atoms with Crippen molar-refractivity contribution in [3.05, 3.63) is 29.5 Å². The Kier molecular flexibility index (Phi) is 4.34. The Labute approximate surface area is 112 Å². The Bertz CT molecular complexity index is 537. The van der Waals surface area contributed by atoms with Gasteiger partial charge in [0.25, 0.3) is 5.91 Å². The number of carbonyl (C=O) groups is 1. The van der Waals surface area contributed by atoms with E-state index in [4.69, 9.17) is 10.3 Å². The second-order valence-corrected chi connectivity index (χ2v) is 5.32. The second kappa shape index (κ2) is 5.98. The predicted octanol–water partition coefficient (Wildman–Crippen LogP) is 1.59. The molecule has 0 bridgehead atoms. The average Bonchev–Trinajstić information content (AvgIpc) is 3.03. The van der Waals surface area contributed by atoms with Gasteiger partial charge in [0, 0.05) is 6.42 Å². The van der Waals surface area contributed by atoms with E-state index in [2.05, 4.69) is 14.8 Å². The van der Waals surface area contributed by atoms with Gasteiger partial charge in [-0.15, -0.1) is 0 Å². The largest absolute Gasteiger partial charge is 0.468 e. The fourth-order valence-electron chi connectivity index (χ4n) is 1.30. The van der Waals surface area contributed by atoms with Gasteiger partial charge in [-0.25, -0.2) is 10.8 Å². The van der Waals surface area contributed by atoms with Gasteiger partial charge < -0.3 is 4.42 Å². The van der Waals surface area contributed by atoms with Crippen molar-refractivity contribution in [2.24, 2.45) is 5.84 Å². The van der Waals surface area contributed by atoms with E-state index < -0.39 is 0 Å². The van der Waals surface area contributed by atoms with Gasteiger partial charge in [0.05, 0.1) is 17.6 Å². The molecular weight excluding hydrogens is 272 g/mol. The third kappa shape index (κ3) is 2.89. The van der Waals surface area contributed by atoms with Gasteiger partial charge in [-0.1, -0.05) is 18.7 Å². The molecule has 0 aliphatic carbocycles. The van der Waals surface area contributed by atoms with Crippen LogP contribution in [0.25, 0.3) is 0 Å². The van der Waals surface area contributed by atoms with Gasteiger partial charge in [-0.3, -0.25) is 10.2 Å². The van der Waals surface area contributed by atoms with Crippen LogP contribution in [0.4, 0.5) is 0 Å². The number of carbonyl (C=O) groups excluding carboxylic acids is 1. The molecule has 2 aromatic heterocycles. The molecule has 0 spiro atoms. The Morgan fingerprint density at radius 2 is 2.50 bits per heavy atom. The zero-order chi connectivity index (χ0) is 13.0. The quantitative estimate of drug-likeness (QED) is 0.375. The zero-order valence-electron chi connectivity index (χ0n) is 9.67. The van der Waals surface area contributed by atoms with Crippen molar-refractivity contribution in [2.75, 3.05) is 0 Å². The summed E-state index contributed by atoms with van der Waals surface area (Å²) in [5.41, 5.74) is 2.53. The number of rotatable bonds is 5. The van der Waals surface area contributed by atoms with Gasteiger partial charge in [-0.05, 0) is 17.6 Å². The van der Waals surface area contributed by atoms with Crippen LogP contribution in [0.3, 0.4) is 0 Å². The summed E-state index contributed by atoms with van der Waals surface area (Å²) in [6.07, 6.45) is 2.29. The lowest BCUT2D eigenvalue weighted by Gasteiger charge is -1.99. The maximum Gasteiger partial charge on any atom is 0.268 e. The SMILES string of the molecule is CCc1nsc(SCc2occc2C(=O)NN)n1. The van der Waals surface area contributed by atoms with Crippen LogP contribution >= 0.6 is 23.3 Å². The van der Waals surface area contributed by atoms with E-state index in [1.165, 1.54) is 29.6 Å². The summed E-state index contributed by atoms with van der Waals surface area (Å²) in [4.78, 5) is 15.8. The molecule has 0 aromatic carbocycles. The minimum absolute atomic E-state index is 0.356. The summed E-state index contributed by atoms with van der Waals surface area (Å²) in [7, 11) is 0. The molecule has 8 heteroatoms. The second-order valence-electron chi connectivity index (χ2n) is 3.35. The van der Waals surface area contributed by atoms with E-state index >= 15 is 0 Å². The summed E-state index contributed by atoms with van der Waals surface area (Å²) >= 11 is 2.84. The van der Waals surface area contributed by atoms with E-state index in [1.807, 2.05) is 6.92 Å². The number of nitrogens with two attached hydrogens (primary N) is 1. The molecule has 6 nitrogen and oxygen atoms in total. The van der Waals surface area contributed by atoms with Crippen molar-refractivity contribution in [1.82, 2.24) is 14.8 Å². The fraction of sp³-hybridized carbons (Fsp3) is 0.300. The first-order valence-electron chi connectivity index (χ1n) is 5.27. The first-order chi connectivity index (χ1) is 8.74. The highest BCUT2D eigenvalue weighted by Crippen LogP contribution is 2.26. The molecule has 2 aromatic rings. The minimum Gasteiger partial charge on any atom is -0.468 e. The van der Waals surface area contributed by atoms with Crippen molar-refractivity contribution in [3.8, 4) is 0 Å². The van der Waals surface area contributed by atoms with E-state index in [-0.39, 0.29) is 5.91 Å². The molecule has 0 radical (unpaired) electrons. The number of furan rings is 1. The molecule has 2 heterocycles. The van der Waals surface area contributed by atoms with Gasteiger partial charge in [0.1, 0.15) is 11.6 Å². The van der Waals surface area contributed by atoms with Gasteiger partial charge in [0.2, 0.25) is 0 Å². The molecular formula is C10H12N4O2S2. The van der Waals surface area contributed by atoms with E-state index in [1.54, 1.807) is 6.07 Å². The Morgan fingerprint density at radius 3 is 3.17 bits per heavy atom. The highest BCUT2D eigenvalue weighted by molar-refractivity contribution is 8.00. The number of nitrogens with one attached hydrogen (secondary N) is 1. The van der Waals surface area contributed by atoms with Crippen LogP contribution in [0.2, 0.25) is 0 Å². The van der Waals surface area contributed by atoms with Gasteiger partial charge in [-0.2, -0.15) is 4.37 Å². The Hall–Kier alpha value is -1.38. The number of hydrazine groups is 1. The molecule has 0 saturated carbocycles. The first kappa shape index (κ1) is 13.1. The maximum atomic E-state index is 11.4. The normalized spacial score (nSPS) is 10.6. The third-order valence-electron chi connectivity index (χ3n) is 2.21. The first-order valence-corrected chi connectivity index (χ1v) is 7.03. The third-order valence-corrected chi connectivity index (χ3v) is 4.08. The lowest BCUT2D eigenvalue weighted by Crippen LogP contribution is -2.30. The standard InChI is InChI=1S/C10H12N4O2S2/c1-2-8-12-10(18-14-8)17-5-7-6(3-4-16-7)9(15)13-11/h3-4H,2,5,11H2,1H3,(H,13,15). The average molecular weight is 284 g/mol. The molecule has 0 fully saturated rings. The minimum atomic E-state index is -0.356. The number of aryl methyl sites for hydroxylation is 1. The molecule has 96 valence electrons. The molecule has 0 saturated heterocycles. The number of hydrogen-bond donors (Lipinski definition) is 2. The van der Waals surface area contributed by atoms with Crippen LogP contribution in [-0.4, -0.2) is 15.3 Å². The molecule has 0 unspecified atom stereocenters. The number of thioether (sulfide) groups is 1. The molecule has 18 heavy (non-hydrogen) atoms. The summed E-state index contributed by atoms with van der Waals surface area (Å²) in [6.45, 7) is 2.01.